The average molecular weight is 907 g/mol. The summed E-state index contributed by atoms with van der Waals surface area (Å²) in [6.45, 7) is 11.1. The summed E-state index contributed by atoms with van der Waals surface area (Å²) in [6, 6.07) is 47.8. The predicted molar refractivity (Wildman–Crippen MR) is 265 cm³/mol. The molecule has 0 aliphatic heterocycles. The molecule has 3 unspecified atom stereocenters. The van der Waals surface area contributed by atoms with Gasteiger partial charge in [0.05, 0.1) is 31.0 Å². The fraction of sp³-hybridized carbons (Fsp3) is 0.263. The van der Waals surface area contributed by atoms with Crippen molar-refractivity contribution in [2.75, 3.05) is 0 Å². The second kappa shape index (κ2) is 26.1. The number of aryl methyl sites for hydroxylation is 1. The molecule has 0 radical (unpaired) electrons. The number of carboxylic acids is 3. The Balaban J connectivity index is 0.000000195. The van der Waals surface area contributed by atoms with Crippen molar-refractivity contribution in [1.29, 1.82) is 0 Å². The zero-order chi connectivity index (χ0) is 49.0. The zero-order valence-corrected chi connectivity index (χ0v) is 39.1. The van der Waals surface area contributed by atoms with Gasteiger partial charge in [0.2, 0.25) is 0 Å². The Morgan fingerprint density at radius 1 is 0.448 bits per heavy atom. The number of aliphatic hydroxyl groups is 2. The lowest BCUT2D eigenvalue weighted by atomic mass is 9.97. The van der Waals surface area contributed by atoms with Gasteiger partial charge in [0, 0.05) is 6.42 Å². The standard InChI is InChI=1S/C15H14O3.C15H16O2.C14H14O3.C13H18O2/c1-11(15(16)17)12-6-5-9-14(10-12)18-13-7-3-2-4-8-13;1-11(17)2-3-12-4-6-15-9-13(10-16)5-7-14(15)8-12;1-9(14(16)17)11-4-5-12-6-10(8-15)2-3-13(12)7-11;1-9(2)8-11-4-6-12(7-5-11)10(3)13(14)15/h2-11H,1H3,(H,16,17);4-9,16H,2-3,10H2,1H3;2-7,9,15H,8H2,1H3,(H,16,17);4-7,9-10H,8H2,1-3H3,(H,14,15). The second-order valence-corrected chi connectivity index (χ2v) is 17.0. The molecule has 0 aromatic heterocycles. The van der Waals surface area contributed by atoms with E-state index in [9.17, 15) is 19.2 Å². The zero-order valence-electron chi connectivity index (χ0n) is 39.1. The van der Waals surface area contributed by atoms with Gasteiger partial charge in [-0.15, -0.1) is 0 Å². The van der Waals surface area contributed by atoms with Crippen molar-refractivity contribution in [3.8, 4) is 11.5 Å². The van der Waals surface area contributed by atoms with Gasteiger partial charge >= 0.3 is 17.9 Å². The van der Waals surface area contributed by atoms with Crippen molar-refractivity contribution < 1.29 is 49.4 Å². The Hall–Kier alpha value is -7.14. The van der Waals surface area contributed by atoms with E-state index >= 15 is 0 Å². The average Bonchev–Trinajstić information content (AvgIpc) is 3.33. The normalized spacial score (nSPS) is 12.0. The summed E-state index contributed by atoms with van der Waals surface area (Å²) >= 11 is 0. The fourth-order valence-electron chi connectivity index (χ4n) is 6.91. The fourth-order valence-corrected chi connectivity index (χ4v) is 6.91. The van der Waals surface area contributed by atoms with Gasteiger partial charge in [0.15, 0.2) is 0 Å². The van der Waals surface area contributed by atoms with Crippen molar-refractivity contribution in [3.05, 3.63) is 191 Å². The van der Waals surface area contributed by atoms with Crippen LogP contribution in [0.15, 0.2) is 152 Å². The van der Waals surface area contributed by atoms with Crippen molar-refractivity contribution in [3.63, 3.8) is 0 Å². The number of carbonyl (C=O) groups excluding carboxylic acids is 1. The summed E-state index contributed by atoms with van der Waals surface area (Å²) in [5.74, 6) is -1.66. The molecule has 350 valence electrons. The third-order valence-electron chi connectivity index (χ3n) is 11.1. The summed E-state index contributed by atoms with van der Waals surface area (Å²) in [7, 11) is 0. The van der Waals surface area contributed by atoms with Crippen molar-refractivity contribution in [1.82, 2.24) is 0 Å². The van der Waals surface area contributed by atoms with E-state index in [1.807, 2.05) is 127 Å². The van der Waals surface area contributed by atoms with Gasteiger partial charge in [-0.2, -0.15) is 0 Å². The van der Waals surface area contributed by atoms with E-state index < -0.39 is 35.7 Å². The lowest BCUT2D eigenvalue weighted by molar-refractivity contribution is -0.139. The summed E-state index contributed by atoms with van der Waals surface area (Å²) < 4.78 is 5.66. The van der Waals surface area contributed by atoms with Gasteiger partial charge in [-0.25, -0.2) is 0 Å². The minimum absolute atomic E-state index is 0.0171. The number of carbonyl (C=O) groups is 4. The summed E-state index contributed by atoms with van der Waals surface area (Å²) in [4.78, 5) is 43.5. The molecule has 0 saturated carbocycles. The molecule has 5 N–H and O–H groups in total. The quantitative estimate of drug-likeness (QED) is 0.0665. The van der Waals surface area contributed by atoms with Crippen LogP contribution in [-0.4, -0.2) is 49.2 Å². The number of fused-ring (bicyclic) bond motifs is 2. The van der Waals surface area contributed by atoms with Crippen LogP contribution in [0.25, 0.3) is 21.5 Å². The van der Waals surface area contributed by atoms with Crippen LogP contribution in [0.2, 0.25) is 0 Å². The SMILES string of the molecule is CC(=O)CCc1ccc2cc(CO)ccc2c1.CC(C(=O)O)c1ccc2cc(CO)ccc2c1.CC(C(=O)O)c1cccc(Oc2ccccc2)c1.CC(C)Cc1ccc(C(C)C(=O)O)cc1. The van der Waals surface area contributed by atoms with Crippen LogP contribution in [0.4, 0.5) is 0 Å². The third kappa shape index (κ3) is 17.0. The molecule has 0 fully saturated rings. The predicted octanol–water partition coefficient (Wildman–Crippen LogP) is 12.1. The first kappa shape index (κ1) is 52.5. The lowest BCUT2D eigenvalue weighted by Crippen LogP contribution is -2.07. The Kier molecular flexibility index (Phi) is 20.5. The highest BCUT2D eigenvalue weighted by molar-refractivity contribution is 5.86. The van der Waals surface area contributed by atoms with Gasteiger partial charge in [0.25, 0.3) is 0 Å². The van der Waals surface area contributed by atoms with Gasteiger partial charge in [0.1, 0.15) is 17.3 Å². The molecule has 0 spiro atoms. The molecule has 7 aromatic carbocycles. The number of para-hydroxylation sites is 1. The van der Waals surface area contributed by atoms with Crippen LogP contribution in [0.1, 0.15) is 105 Å². The molecule has 0 bridgehead atoms. The minimum Gasteiger partial charge on any atom is -0.481 e. The maximum absolute atomic E-state index is 10.9. The number of ether oxygens (including phenoxy) is 1. The molecule has 3 atom stereocenters. The summed E-state index contributed by atoms with van der Waals surface area (Å²) in [5.41, 5.74) is 6.63. The Labute approximate surface area is 393 Å². The Bertz CT molecular complexity index is 2710. The highest BCUT2D eigenvalue weighted by Gasteiger charge is 2.16. The molecule has 0 saturated heterocycles. The number of rotatable bonds is 15. The Morgan fingerprint density at radius 3 is 1.36 bits per heavy atom. The molecule has 0 amide bonds. The van der Waals surface area contributed by atoms with Gasteiger partial charge in [-0.3, -0.25) is 14.4 Å². The first-order valence-corrected chi connectivity index (χ1v) is 22.3. The number of hydrogen-bond donors (Lipinski definition) is 5. The monoisotopic (exact) mass is 906 g/mol. The van der Waals surface area contributed by atoms with Crippen molar-refractivity contribution in [2.24, 2.45) is 5.92 Å². The minimum atomic E-state index is -0.841. The van der Waals surface area contributed by atoms with E-state index in [2.05, 4.69) is 19.9 Å². The van der Waals surface area contributed by atoms with E-state index in [4.69, 9.17) is 30.3 Å². The van der Waals surface area contributed by atoms with Crippen LogP contribution >= 0.6 is 0 Å². The molecular weight excluding hydrogens is 845 g/mol. The first-order chi connectivity index (χ1) is 32.0. The van der Waals surface area contributed by atoms with Crippen LogP contribution in [0.5, 0.6) is 11.5 Å². The number of benzene rings is 7. The van der Waals surface area contributed by atoms with Crippen LogP contribution in [0.3, 0.4) is 0 Å². The molecule has 67 heavy (non-hydrogen) atoms. The van der Waals surface area contributed by atoms with Gasteiger partial charge in [-0.05, 0) is 143 Å². The van der Waals surface area contributed by atoms with Crippen LogP contribution < -0.4 is 4.74 Å². The van der Waals surface area contributed by atoms with E-state index in [0.29, 0.717) is 18.1 Å². The number of carboxylic acid groups (broad SMARTS) is 3. The second-order valence-electron chi connectivity index (χ2n) is 17.0. The Morgan fingerprint density at radius 2 is 0.866 bits per heavy atom. The number of Topliss-reactive ketones (excluding diaryl/α,β-unsaturated/α-hetero) is 1. The first-order valence-electron chi connectivity index (χ1n) is 22.3. The maximum Gasteiger partial charge on any atom is 0.310 e. The largest absolute Gasteiger partial charge is 0.481 e. The molecule has 7 rings (SSSR count). The number of hydrogen-bond acceptors (Lipinski definition) is 7. The number of ketones is 1. The molecule has 10 heteroatoms. The van der Waals surface area contributed by atoms with E-state index in [1.54, 1.807) is 45.9 Å². The van der Waals surface area contributed by atoms with Crippen LogP contribution in [0, 0.1) is 5.92 Å². The van der Waals surface area contributed by atoms with Gasteiger partial charge < -0.3 is 35.1 Å². The highest BCUT2D eigenvalue weighted by Crippen LogP contribution is 2.26. The topological polar surface area (TPSA) is 179 Å². The van der Waals surface area contributed by atoms with Crippen molar-refractivity contribution >= 4 is 45.2 Å². The van der Waals surface area contributed by atoms with E-state index in [-0.39, 0.29) is 19.0 Å². The molecule has 10 nitrogen and oxygen atoms in total. The number of aliphatic hydroxyl groups excluding tert-OH is 2. The lowest BCUT2D eigenvalue weighted by Gasteiger charge is -2.10. The number of aliphatic carboxylic acids is 3. The molecular formula is C57H62O10. The smallest absolute Gasteiger partial charge is 0.310 e. The highest BCUT2D eigenvalue weighted by atomic mass is 16.5. The maximum atomic E-state index is 10.9. The molecule has 0 aliphatic carbocycles. The van der Waals surface area contributed by atoms with E-state index in [0.717, 1.165) is 68.0 Å². The van der Waals surface area contributed by atoms with E-state index in [1.165, 1.54) is 11.1 Å². The van der Waals surface area contributed by atoms with Crippen LogP contribution in [-0.2, 0) is 45.2 Å². The van der Waals surface area contributed by atoms with Gasteiger partial charge in [-0.1, -0.05) is 129 Å². The molecule has 0 heterocycles. The summed E-state index contributed by atoms with van der Waals surface area (Å²) in [5, 5.41) is 49.2. The van der Waals surface area contributed by atoms with Crippen molar-refractivity contribution in [2.45, 2.75) is 91.8 Å². The summed E-state index contributed by atoms with van der Waals surface area (Å²) in [6.07, 6.45) is 2.44. The third-order valence-corrected chi connectivity index (χ3v) is 11.1. The molecule has 0 aliphatic rings. The molecule has 7 aromatic rings.